The van der Waals surface area contributed by atoms with Crippen molar-refractivity contribution in [1.82, 2.24) is 14.5 Å². The van der Waals surface area contributed by atoms with Gasteiger partial charge in [-0.25, -0.2) is 13.1 Å². The summed E-state index contributed by atoms with van der Waals surface area (Å²) in [6.07, 6.45) is 2.36. The number of nitrogens with zero attached hydrogens (tertiary/aromatic N) is 4. The zero-order valence-electron chi connectivity index (χ0n) is 34.6. The van der Waals surface area contributed by atoms with Crippen LogP contribution in [0.15, 0.2) is 125 Å². The number of amides is 1. The molecule has 0 bridgehead atoms. The van der Waals surface area contributed by atoms with Crippen molar-refractivity contribution in [2.24, 2.45) is 0 Å². The number of fused-ring (bicyclic) bond motifs is 3. The van der Waals surface area contributed by atoms with Crippen molar-refractivity contribution in [3.8, 4) is 11.1 Å². The minimum Gasteiger partial charge on any atom is -0.379 e. The lowest BCUT2D eigenvalue weighted by Crippen LogP contribution is -2.54. The van der Waals surface area contributed by atoms with E-state index in [1.165, 1.54) is 23.3 Å². The lowest BCUT2D eigenvalue weighted by Gasteiger charge is -2.46. The summed E-state index contributed by atoms with van der Waals surface area (Å²) in [4.78, 5) is 33.2. The Bertz CT molecular complexity index is 2460. The summed E-state index contributed by atoms with van der Waals surface area (Å²) in [6, 6.07) is 35.6. The Kier molecular flexibility index (Phi) is 16.8. The number of ether oxygens (including phenoxy) is 1. The molecule has 3 aliphatic heterocycles. The number of nitro groups is 1. The van der Waals surface area contributed by atoms with E-state index in [9.17, 15) is 23.3 Å². The maximum atomic E-state index is 13.6. The third-order valence-electron chi connectivity index (χ3n) is 11.7. The predicted molar refractivity (Wildman–Crippen MR) is 257 cm³/mol. The lowest BCUT2D eigenvalue weighted by atomic mass is 9.92. The highest BCUT2D eigenvalue weighted by Gasteiger charge is 2.33. The number of aryl methyl sites for hydroxylation is 1. The van der Waals surface area contributed by atoms with Gasteiger partial charge in [0.25, 0.3) is 21.6 Å². The van der Waals surface area contributed by atoms with Crippen molar-refractivity contribution in [1.29, 1.82) is 0 Å². The van der Waals surface area contributed by atoms with Crippen molar-refractivity contribution >= 4 is 81.2 Å². The van der Waals surface area contributed by atoms with Crippen LogP contribution in [0.25, 0.3) is 11.1 Å². The molecule has 0 aromatic heterocycles. The number of carbonyl (C=O) groups excluding carboxylic acids is 1. The van der Waals surface area contributed by atoms with Crippen LogP contribution in [0.5, 0.6) is 0 Å². The Morgan fingerprint density at radius 2 is 1.63 bits per heavy atom. The fourth-order valence-corrected chi connectivity index (χ4v) is 10.6. The first kappa shape index (κ1) is 48.1. The number of morpholine rings is 1. The third kappa shape index (κ3) is 12.1. The highest BCUT2D eigenvalue weighted by Crippen LogP contribution is 2.35. The Morgan fingerprint density at radius 1 is 0.889 bits per heavy atom. The summed E-state index contributed by atoms with van der Waals surface area (Å²) in [5.41, 5.74) is 5.69. The zero-order chi connectivity index (χ0) is 42.3. The zero-order valence-corrected chi connectivity index (χ0v) is 38.6. The normalized spacial score (nSPS) is 17.0. The van der Waals surface area contributed by atoms with Gasteiger partial charge in [-0.2, -0.15) is 0 Å². The molecule has 0 saturated carbocycles. The molecule has 12 nitrogen and oxygen atoms in total. The molecular formula is C46H51Cl3N6O6S2. The van der Waals surface area contributed by atoms with E-state index < -0.39 is 20.9 Å². The van der Waals surface area contributed by atoms with Crippen molar-refractivity contribution in [2.45, 2.75) is 47.7 Å². The van der Waals surface area contributed by atoms with E-state index in [-0.39, 0.29) is 52.7 Å². The van der Waals surface area contributed by atoms with Gasteiger partial charge >= 0.3 is 0 Å². The Balaban J connectivity index is 0.00000330. The number of halogens is 3. The van der Waals surface area contributed by atoms with Crippen LogP contribution >= 0.6 is 48.2 Å². The van der Waals surface area contributed by atoms with E-state index in [2.05, 4.69) is 61.1 Å². The molecule has 2 atom stereocenters. The maximum absolute atomic E-state index is 13.6. The van der Waals surface area contributed by atoms with Gasteiger partial charge in [0.05, 0.1) is 23.0 Å². The van der Waals surface area contributed by atoms with Crippen molar-refractivity contribution < 1.29 is 22.9 Å². The summed E-state index contributed by atoms with van der Waals surface area (Å²) in [7, 11) is -4.45. The quantitative estimate of drug-likeness (QED) is 0.0592. The monoisotopic (exact) mass is 952 g/mol. The van der Waals surface area contributed by atoms with Crippen LogP contribution in [-0.4, -0.2) is 99.4 Å². The summed E-state index contributed by atoms with van der Waals surface area (Å²) >= 11 is 7.81. The number of thioether (sulfide) groups is 1. The highest BCUT2D eigenvalue weighted by molar-refractivity contribution is 7.99. The van der Waals surface area contributed by atoms with Crippen LogP contribution < -0.4 is 14.9 Å². The van der Waals surface area contributed by atoms with Crippen LogP contribution in [0.3, 0.4) is 0 Å². The van der Waals surface area contributed by atoms with E-state index in [4.69, 9.17) is 16.3 Å². The second-order valence-electron chi connectivity index (χ2n) is 15.7. The second kappa shape index (κ2) is 22.0. The van der Waals surface area contributed by atoms with Gasteiger partial charge in [0, 0.05) is 90.9 Å². The molecule has 0 spiro atoms. The molecule has 0 radical (unpaired) electrons. The second-order valence-corrected chi connectivity index (χ2v) is 18.9. The first-order valence-electron chi connectivity index (χ1n) is 20.7. The van der Waals surface area contributed by atoms with Crippen molar-refractivity contribution in [3.05, 3.63) is 147 Å². The van der Waals surface area contributed by atoms with E-state index in [1.54, 1.807) is 23.9 Å². The van der Waals surface area contributed by atoms with E-state index in [0.717, 1.165) is 86.4 Å². The molecule has 2 N–H and O–H groups in total. The van der Waals surface area contributed by atoms with Crippen LogP contribution in [-0.2, 0) is 27.7 Å². The Labute approximate surface area is 390 Å². The summed E-state index contributed by atoms with van der Waals surface area (Å²) < 4.78 is 34.9. The number of nitro benzene ring substituents is 1. The van der Waals surface area contributed by atoms with E-state index >= 15 is 0 Å². The van der Waals surface area contributed by atoms with Crippen molar-refractivity contribution in [3.63, 3.8) is 0 Å². The molecule has 8 rings (SSSR count). The van der Waals surface area contributed by atoms with Gasteiger partial charge in [-0.3, -0.25) is 24.7 Å². The fourth-order valence-electron chi connectivity index (χ4n) is 8.45. The molecule has 334 valence electrons. The SMILES string of the molecule is Cl.Cl.O=C(NS(=O)(=O)c1ccc(N[C@H](CCN2CCOCC2)CSc2ccccc2)c([N+](=O)[O-])c1)c1ccc2c(c1)CC[C@@H]1CN(Cc3ccccc3-c3ccc(Cl)cc3)CCN21. The number of hydrogen-bond donors (Lipinski definition) is 2. The van der Waals surface area contributed by atoms with Crippen LogP contribution in [0.2, 0.25) is 5.02 Å². The fraction of sp³-hybridized carbons (Fsp3) is 0.326. The largest absolute Gasteiger partial charge is 0.379 e. The Morgan fingerprint density at radius 3 is 2.40 bits per heavy atom. The molecular weight excluding hydrogens is 903 g/mol. The third-order valence-corrected chi connectivity index (χ3v) is 14.4. The molecule has 1 amide bonds. The summed E-state index contributed by atoms with van der Waals surface area (Å²) in [5, 5.41) is 16.4. The van der Waals surface area contributed by atoms with Crippen LogP contribution in [0, 0.1) is 10.1 Å². The van der Waals surface area contributed by atoms with Gasteiger partial charge in [-0.15, -0.1) is 36.6 Å². The lowest BCUT2D eigenvalue weighted by molar-refractivity contribution is -0.384. The number of piperazine rings is 1. The van der Waals surface area contributed by atoms with Gasteiger partial charge in [0.1, 0.15) is 5.69 Å². The molecule has 0 unspecified atom stereocenters. The summed E-state index contributed by atoms with van der Waals surface area (Å²) in [6.45, 7) is 7.19. The van der Waals surface area contributed by atoms with E-state index in [1.807, 2.05) is 48.5 Å². The van der Waals surface area contributed by atoms with E-state index in [0.29, 0.717) is 36.5 Å². The molecule has 0 aliphatic carbocycles. The number of anilines is 2. The molecule has 2 saturated heterocycles. The molecule has 5 aromatic carbocycles. The van der Waals surface area contributed by atoms with Gasteiger partial charge < -0.3 is 15.0 Å². The average molecular weight is 954 g/mol. The predicted octanol–water partition coefficient (Wildman–Crippen LogP) is 8.81. The van der Waals surface area contributed by atoms with Gasteiger partial charge in [-0.1, -0.05) is 66.2 Å². The summed E-state index contributed by atoms with van der Waals surface area (Å²) in [5.74, 6) is -0.153. The minimum absolute atomic E-state index is 0. The number of benzene rings is 5. The number of hydrogen-bond acceptors (Lipinski definition) is 11. The van der Waals surface area contributed by atoms with Gasteiger partial charge in [-0.05, 0) is 96.1 Å². The molecule has 2 fully saturated rings. The maximum Gasteiger partial charge on any atom is 0.293 e. The Hall–Kier alpha value is -4.38. The molecule has 17 heteroatoms. The average Bonchev–Trinajstić information content (AvgIpc) is 3.28. The topological polar surface area (TPSA) is 137 Å². The number of rotatable bonds is 15. The van der Waals surface area contributed by atoms with Gasteiger partial charge in [0.15, 0.2) is 0 Å². The van der Waals surface area contributed by atoms with Crippen LogP contribution in [0.1, 0.15) is 34.3 Å². The van der Waals surface area contributed by atoms with Gasteiger partial charge in [0.2, 0.25) is 0 Å². The number of carbonyl (C=O) groups is 1. The first-order valence-corrected chi connectivity index (χ1v) is 23.5. The molecule has 3 heterocycles. The smallest absolute Gasteiger partial charge is 0.293 e. The first-order chi connectivity index (χ1) is 29.6. The number of nitrogens with one attached hydrogen (secondary N) is 2. The van der Waals surface area contributed by atoms with Crippen molar-refractivity contribution in [2.75, 3.05) is 68.5 Å². The number of sulfonamides is 1. The highest BCUT2D eigenvalue weighted by atomic mass is 35.5. The van der Waals surface area contributed by atoms with Crippen LogP contribution in [0.4, 0.5) is 17.1 Å². The molecule has 63 heavy (non-hydrogen) atoms. The standard InChI is InChI=1S/C46H49ClN6O6S2.2ClH/c47-37-14-10-33(11-15-37)42-9-5-4-6-36(42)30-51-22-23-52-39(31-51)16-12-34-28-35(13-19-44(34)52)46(54)49-61(57,58)41-17-18-43(45(29-41)53(55)56)48-38(20-21-50-24-26-59-27-25-50)32-60-40-7-2-1-3-8-40;;/h1-11,13-15,17-19,28-29,38-39,48H,12,16,20-27,30-32H2,(H,49,54);2*1H/t38-,39-;;/m1../s1. The molecule has 5 aromatic rings. The minimum atomic E-state index is -4.45. The molecule has 3 aliphatic rings.